The number of nitrogens with zero attached hydrogens (tertiary/aromatic N) is 1. The van der Waals surface area contributed by atoms with E-state index in [-0.39, 0.29) is 5.41 Å². The third-order valence-corrected chi connectivity index (χ3v) is 3.94. The minimum absolute atomic E-state index is 0.0867. The highest BCUT2D eigenvalue weighted by Crippen LogP contribution is 2.22. The molecule has 0 atom stereocenters. The van der Waals surface area contributed by atoms with Crippen molar-refractivity contribution in [2.24, 2.45) is 0 Å². The zero-order valence-corrected chi connectivity index (χ0v) is 14.0. The van der Waals surface area contributed by atoms with Gasteiger partial charge in [0.25, 0.3) is 5.56 Å². The molecule has 1 N–H and O–H groups in total. The average Bonchev–Trinajstić information content (AvgIpc) is 2.90. The number of fused-ring (bicyclic) bond motifs is 1. The zero-order chi connectivity index (χ0) is 17.3. The van der Waals surface area contributed by atoms with Crippen LogP contribution in [0.25, 0.3) is 11.0 Å². The van der Waals surface area contributed by atoms with Crippen molar-refractivity contribution < 1.29 is 9.32 Å². The Labute approximate surface area is 139 Å². The summed E-state index contributed by atoms with van der Waals surface area (Å²) >= 11 is 0. The molecule has 5 nitrogen and oxygen atoms in total. The summed E-state index contributed by atoms with van der Waals surface area (Å²) in [6.45, 7) is 6.78. The molecular weight excluding hydrogens is 304 g/mol. The number of carbonyl (C=O) groups is 1. The first kappa shape index (κ1) is 16.1. The van der Waals surface area contributed by atoms with Crippen molar-refractivity contribution in [3.8, 4) is 0 Å². The Morgan fingerprint density at radius 3 is 2.38 bits per heavy atom. The van der Waals surface area contributed by atoms with Crippen molar-refractivity contribution >= 4 is 17.0 Å². The van der Waals surface area contributed by atoms with Gasteiger partial charge in [-0.3, -0.25) is 4.79 Å². The summed E-state index contributed by atoms with van der Waals surface area (Å²) in [5, 5.41) is 3.10. The molecule has 0 bridgehead atoms. The second-order valence-corrected chi connectivity index (χ2v) is 6.79. The van der Waals surface area contributed by atoms with Crippen molar-refractivity contribution in [2.75, 3.05) is 0 Å². The SMILES string of the molecule is CC(C)(C)c1ccc(CNC(=O)n2oc3ccccc3c2=O)cc1. The Bertz CT molecular complexity index is 928. The number of amides is 1. The van der Waals surface area contributed by atoms with Crippen LogP contribution >= 0.6 is 0 Å². The number of benzene rings is 2. The third-order valence-electron chi connectivity index (χ3n) is 3.94. The summed E-state index contributed by atoms with van der Waals surface area (Å²) in [5.41, 5.74) is 2.22. The summed E-state index contributed by atoms with van der Waals surface area (Å²) in [7, 11) is 0. The minimum atomic E-state index is -0.573. The molecule has 1 amide bonds. The third kappa shape index (κ3) is 3.11. The first-order valence-electron chi connectivity index (χ1n) is 7.85. The van der Waals surface area contributed by atoms with Gasteiger partial charge >= 0.3 is 6.03 Å². The summed E-state index contributed by atoms with van der Waals surface area (Å²) in [4.78, 5) is 24.3. The number of carbonyl (C=O) groups excluding carboxylic acids is 1. The largest absolute Gasteiger partial charge is 0.366 e. The summed E-state index contributed by atoms with van der Waals surface area (Å²) in [6.07, 6.45) is 0. The Kier molecular flexibility index (Phi) is 4.01. The van der Waals surface area contributed by atoms with Gasteiger partial charge in [-0.2, -0.15) is 0 Å². The molecule has 2 aromatic carbocycles. The van der Waals surface area contributed by atoms with Crippen LogP contribution in [0.1, 0.15) is 31.9 Å². The molecule has 0 aliphatic rings. The maximum Gasteiger partial charge on any atom is 0.358 e. The zero-order valence-electron chi connectivity index (χ0n) is 14.0. The number of para-hydroxylation sites is 1. The molecule has 0 saturated heterocycles. The van der Waals surface area contributed by atoms with E-state index in [4.69, 9.17) is 4.52 Å². The van der Waals surface area contributed by atoms with Crippen molar-refractivity contribution in [3.63, 3.8) is 0 Å². The summed E-state index contributed by atoms with van der Waals surface area (Å²) in [6, 6.07) is 14.3. The van der Waals surface area contributed by atoms with Gasteiger partial charge in [0.15, 0.2) is 5.58 Å². The molecule has 3 rings (SSSR count). The van der Waals surface area contributed by atoms with E-state index in [9.17, 15) is 9.59 Å². The quantitative estimate of drug-likeness (QED) is 0.782. The van der Waals surface area contributed by atoms with E-state index < -0.39 is 11.6 Å². The fraction of sp³-hybridized carbons (Fsp3) is 0.263. The van der Waals surface area contributed by atoms with Crippen LogP contribution in [-0.2, 0) is 12.0 Å². The van der Waals surface area contributed by atoms with Gasteiger partial charge < -0.3 is 9.84 Å². The fourth-order valence-corrected chi connectivity index (χ4v) is 2.48. The molecule has 0 aliphatic carbocycles. The van der Waals surface area contributed by atoms with E-state index in [2.05, 4.69) is 38.2 Å². The fourth-order valence-electron chi connectivity index (χ4n) is 2.48. The van der Waals surface area contributed by atoms with Gasteiger partial charge in [0.05, 0.1) is 5.39 Å². The smallest absolute Gasteiger partial charge is 0.358 e. The van der Waals surface area contributed by atoms with Crippen LogP contribution in [0, 0.1) is 0 Å². The molecule has 124 valence electrons. The van der Waals surface area contributed by atoms with Crippen molar-refractivity contribution in [2.45, 2.75) is 32.7 Å². The van der Waals surface area contributed by atoms with Gasteiger partial charge in [-0.1, -0.05) is 61.9 Å². The van der Waals surface area contributed by atoms with Gasteiger partial charge in [-0.25, -0.2) is 4.79 Å². The van der Waals surface area contributed by atoms with Crippen LogP contribution < -0.4 is 10.9 Å². The molecule has 1 aromatic heterocycles. The van der Waals surface area contributed by atoms with E-state index in [0.29, 0.717) is 17.5 Å². The van der Waals surface area contributed by atoms with Gasteiger partial charge in [0, 0.05) is 6.54 Å². The highest BCUT2D eigenvalue weighted by molar-refractivity contribution is 5.82. The van der Waals surface area contributed by atoms with E-state index in [1.807, 2.05) is 12.1 Å². The molecule has 0 aliphatic heterocycles. The van der Waals surface area contributed by atoms with Crippen molar-refractivity contribution in [1.29, 1.82) is 0 Å². The Hall–Kier alpha value is -2.82. The predicted molar refractivity (Wildman–Crippen MR) is 93.2 cm³/mol. The molecule has 0 unspecified atom stereocenters. The van der Waals surface area contributed by atoms with E-state index in [0.717, 1.165) is 10.3 Å². The number of hydrogen-bond acceptors (Lipinski definition) is 3. The molecule has 0 radical (unpaired) electrons. The summed E-state index contributed by atoms with van der Waals surface area (Å²) in [5.74, 6) is 0. The van der Waals surface area contributed by atoms with Crippen LogP contribution in [0.2, 0.25) is 0 Å². The first-order valence-corrected chi connectivity index (χ1v) is 7.85. The van der Waals surface area contributed by atoms with Gasteiger partial charge in [-0.05, 0) is 28.7 Å². The second-order valence-electron chi connectivity index (χ2n) is 6.79. The molecular formula is C19H20N2O3. The molecule has 0 saturated carbocycles. The monoisotopic (exact) mass is 324 g/mol. The Morgan fingerprint density at radius 1 is 1.08 bits per heavy atom. The molecule has 24 heavy (non-hydrogen) atoms. The van der Waals surface area contributed by atoms with E-state index >= 15 is 0 Å². The molecule has 0 spiro atoms. The maximum absolute atomic E-state index is 12.2. The molecule has 5 heteroatoms. The number of rotatable bonds is 2. The van der Waals surface area contributed by atoms with Gasteiger partial charge in [0.1, 0.15) is 0 Å². The normalized spacial score (nSPS) is 11.6. The minimum Gasteiger partial charge on any atom is -0.366 e. The second kappa shape index (κ2) is 6.00. The summed E-state index contributed by atoms with van der Waals surface area (Å²) < 4.78 is 6.06. The molecule has 0 fully saturated rings. The molecule has 1 heterocycles. The van der Waals surface area contributed by atoms with Crippen molar-refractivity contribution in [3.05, 3.63) is 70.0 Å². The lowest BCUT2D eigenvalue weighted by molar-refractivity contribution is 0.213. The van der Waals surface area contributed by atoms with Gasteiger partial charge in [-0.15, -0.1) is 0 Å². The lowest BCUT2D eigenvalue weighted by atomic mass is 9.87. The Morgan fingerprint density at radius 2 is 1.75 bits per heavy atom. The van der Waals surface area contributed by atoms with Crippen molar-refractivity contribution in [1.82, 2.24) is 10.1 Å². The van der Waals surface area contributed by atoms with E-state index in [1.54, 1.807) is 24.3 Å². The number of aromatic nitrogens is 1. The van der Waals surface area contributed by atoms with Crippen LogP contribution in [0.15, 0.2) is 57.8 Å². The van der Waals surface area contributed by atoms with Gasteiger partial charge in [0.2, 0.25) is 0 Å². The lowest BCUT2D eigenvalue weighted by Gasteiger charge is -2.19. The van der Waals surface area contributed by atoms with E-state index in [1.165, 1.54) is 5.56 Å². The van der Waals surface area contributed by atoms with Crippen LogP contribution in [0.4, 0.5) is 4.79 Å². The maximum atomic E-state index is 12.2. The Balaban J connectivity index is 1.73. The van der Waals surface area contributed by atoms with Crippen LogP contribution in [-0.4, -0.2) is 10.8 Å². The standard InChI is InChI=1S/C19H20N2O3/c1-19(2,3)14-10-8-13(9-11-14)12-20-18(23)21-17(22)15-6-4-5-7-16(15)24-21/h4-11H,12H2,1-3H3,(H,20,23). The first-order chi connectivity index (χ1) is 11.4. The highest BCUT2D eigenvalue weighted by atomic mass is 16.5. The number of hydrogen-bond donors (Lipinski definition) is 1. The lowest BCUT2D eigenvalue weighted by Crippen LogP contribution is -2.33. The average molecular weight is 324 g/mol. The van der Waals surface area contributed by atoms with Crippen LogP contribution in [0.3, 0.4) is 0 Å². The highest BCUT2D eigenvalue weighted by Gasteiger charge is 2.15. The van der Waals surface area contributed by atoms with Crippen LogP contribution in [0.5, 0.6) is 0 Å². The topological polar surface area (TPSA) is 64.2 Å². The predicted octanol–water partition coefficient (Wildman–Crippen LogP) is 3.65. The number of nitrogens with one attached hydrogen (secondary N) is 1. The molecule has 3 aromatic rings.